The van der Waals surface area contributed by atoms with Crippen LogP contribution in [0.25, 0.3) is 0 Å². The smallest absolute Gasteiger partial charge is 0.335 e. The van der Waals surface area contributed by atoms with Gasteiger partial charge in [-0.15, -0.1) is 0 Å². The average molecular weight is 348 g/mol. The molecule has 2 aromatic rings. The van der Waals surface area contributed by atoms with E-state index in [1.54, 1.807) is 26.2 Å². The molecule has 2 rings (SSSR count). The molecule has 126 valence electrons. The van der Waals surface area contributed by atoms with Crippen LogP contribution in [0.2, 0.25) is 0 Å². The summed E-state index contributed by atoms with van der Waals surface area (Å²) in [7, 11) is -0.816. The molecule has 0 heterocycles. The van der Waals surface area contributed by atoms with Crippen molar-refractivity contribution in [3.05, 3.63) is 59.7 Å². The molecule has 0 aliphatic carbocycles. The Bertz CT molecular complexity index is 874. The summed E-state index contributed by atoms with van der Waals surface area (Å²) in [6.45, 7) is 0. The van der Waals surface area contributed by atoms with E-state index in [0.29, 0.717) is 0 Å². The quantitative estimate of drug-likeness (QED) is 0.859. The monoisotopic (exact) mass is 348 g/mol. The highest BCUT2D eigenvalue weighted by atomic mass is 32.2. The molecule has 24 heavy (non-hydrogen) atoms. The van der Waals surface area contributed by atoms with Crippen LogP contribution in [0.3, 0.4) is 0 Å². The number of sulfonamides is 1. The van der Waals surface area contributed by atoms with E-state index in [9.17, 15) is 18.0 Å². The van der Waals surface area contributed by atoms with E-state index in [1.807, 2.05) is 0 Å². The number of carbonyl (C=O) groups excluding carboxylic acids is 1. The van der Waals surface area contributed by atoms with Crippen molar-refractivity contribution in [1.82, 2.24) is 4.90 Å². The van der Waals surface area contributed by atoms with E-state index in [4.69, 9.17) is 5.11 Å². The predicted octanol–water partition coefficient (Wildman–Crippen LogP) is 1.89. The molecule has 0 aliphatic heterocycles. The summed E-state index contributed by atoms with van der Waals surface area (Å²) in [6.07, 6.45) is 0. The normalized spacial score (nSPS) is 10.9. The van der Waals surface area contributed by atoms with Gasteiger partial charge in [-0.3, -0.25) is 9.52 Å². The minimum atomic E-state index is -3.95. The van der Waals surface area contributed by atoms with E-state index in [2.05, 4.69) is 4.72 Å². The third-order valence-electron chi connectivity index (χ3n) is 3.22. The molecule has 0 aliphatic rings. The molecule has 2 aromatic carbocycles. The zero-order valence-corrected chi connectivity index (χ0v) is 13.9. The first-order valence-electron chi connectivity index (χ1n) is 6.89. The number of carboxylic acid groups (broad SMARTS) is 1. The van der Waals surface area contributed by atoms with Crippen LogP contribution in [0.4, 0.5) is 5.69 Å². The first-order valence-corrected chi connectivity index (χ1v) is 8.37. The molecule has 8 heteroatoms. The van der Waals surface area contributed by atoms with Crippen molar-refractivity contribution >= 4 is 27.6 Å². The van der Waals surface area contributed by atoms with Crippen LogP contribution >= 0.6 is 0 Å². The molecular weight excluding hydrogens is 332 g/mol. The van der Waals surface area contributed by atoms with Crippen LogP contribution in [-0.4, -0.2) is 44.4 Å². The maximum absolute atomic E-state index is 12.4. The zero-order chi connectivity index (χ0) is 17.9. The van der Waals surface area contributed by atoms with E-state index in [1.165, 1.54) is 41.3 Å². The van der Waals surface area contributed by atoms with Crippen molar-refractivity contribution < 1.29 is 23.1 Å². The fourth-order valence-electron chi connectivity index (χ4n) is 1.98. The highest BCUT2D eigenvalue weighted by molar-refractivity contribution is 7.92. The maximum Gasteiger partial charge on any atom is 0.335 e. The lowest BCUT2D eigenvalue weighted by Gasteiger charge is -2.15. The van der Waals surface area contributed by atoms with Crippen LogP contribution in [0.1, 0.15) is 20.7 Å². The first-order chi connectivity index (χ1) is 11.2. The average Bonchev–Trinajstić information content (AvgIpc) is 2.54. The van der Waals surface area contributed by atoms with Gasteiger partial charge in [-0.1, -0.05) is 12.1 Å². The molecule has 7 nitrogen and oxygen atoms in total. The van der Waals surface area contributed by atoms with E-state index in [-0.39, 0.29) is 27.6 Å². The van der Waals surface area contributed by atoms with Crippen molar-refractivity contribution in [2.24, 2.45) is 0 Å². The van der Waals surface area contributed by atoms with Crippen molar-refractivity contribution in [3.63, 3.8) is 0 Å². The van der Waals surface area contributed by atoms with Gasteiger partial charge in [-0.25, -0.2) is 13.2 Å². The molecule has 0 fully saturated rings. The Kier molecular flexibility index (Phi) is 4.89. The van der Waals surface area contributed by atoms with Crippen molar-refractivity contribution in [3.8, 4) is 0 Å². The number of hydrogen-bond donors (Lipinski definition) is 2. The van der Waals surface area contributed by atoms with Gasteiger partial charge in [-0.2, -0.15) is 0 Å². The Morgan fingerprint density at radius 3 is 2.12 bits per heavy atom. The second-order valence-corrected chi connectivity index (χ2v) is 6.86. The number of carboxylic acids is 1. The molecule has 2 N–H and O–H groups in total. The molecular formula is C16H16N2O5S. The van der Waals surface area contributed by atoms with Gasteiger partial charge >= 0.3 is 5.97 Å². The molecule has 0 saturated heterocycles. The summed E-state index contributed by atoms with van der Waals surface area (Å²) in [6, 6.07) is 11.0. The summed E-state index contributed by atoms with van der Waals surface area (Å²) < 4.78 is 27.3. The molecule has 0 bridgehead atoms. The Morgan fingerprint density at radius 2 is 1.58 bits per heavy atom. The minimum absolute atomic E-state index is 0.0165. The van der Waals surface area contributed by atoms with Gasteiger partial charge in [0.2, 0.25) is 0 Å². The summed E-state index contributed by atoms with van der Waals surface area (Å²) in [5.74, 6) is -1.48. The standard InChI is InChI=1S/C16H16N2O5S/c1-18(2)15(19)13-5-3-4-6-14(13)17-24(22,23)12-9-7-11(8-10-12)16(20)21/h3-10,17H,1-2H3,(H,20,21). The number of hydrogen-bond acceptors (Lipinski definition) is 4. The Hall–Kier alpha value is -2.87. The lowest BCUT2D eigenvalue weighted by atomic mass is 10.1. The summed E-state index contributed by atoms with van der Waals surface area (Å²) >= 11 is 0. The number of rotatable bonds is 5. The van der Waals surface area contributed by atoms with Crippen LogP contribution < -0.4 is 4.72 Å². The number of amides is 1. The van der Waals surface area contributed by atoms with Crippen LogP contribution in [0.5, 0.6) is 0 Å². The fraction of sp³-hybridized carbons (Fsp3) is 0.125. The van der Waals surface area contributed by atoms with Crippen LogP contribution in [-0.2, 0) is 10.0 Å². The number of benzene rings is 2. The van der Waals surface area contributed by atoms with E-state index >= 15 is 0 Å². The van der Waals surface area contributed by atoms with Crippen LogP contribution in [0.15, 0.2) is 53.4 Å². The third-order valence-corrected chi connectivity index (χ3v) is 4.60. The molecule has 0 atom stereocenters. The summed E-state index contributed by atoms with van der Waals surface area (Å²) in [4.78, 5) is 24.2. The lowest BCUT2D eigenvalue weighted by molar-refractivity contribution is 0.0696. The topological polar surface area (TPSA) is 104 Å². The second kappa shape index (κ2) is 6.71. The number of carbonyl (C=O) groups is 2. The van der Waals surface area contributed by atoms with Gasteiger partial charge in [0.05, 0.1) is 21.7 Å². The van der Waals surface area contributed by atoms with Gasteiger partial charge in [0, 0.05) is 14.1 Å². The first kappa shape index (κ1) is 17.5. The zero-order valence-electron chi connectivity index (χ0n) is 13.1. The molecule has 0 aromatic heterocycles. The predicted molar refractivity (Wildman–Crippen MR) is 88.7 cm³/mol. The van der Waals surface area contributed by atoms with Crippen molar-refractivity contribution in [2.75, 3.05) is 18.8 Å². The second-order valence-electron chi connectivity index (χ2n) is 5.18. The SMILES string of the molecule is CN(C)C(=O)c1ccccc1NS(=O)(=O)c1ccc(C(=O)O)cc1. The number of nitrogens with zero attached hydrogens (tertiary/aromatic N) is 1. The Labute approximate surface area is 139 Å². The Balaban J connectivity index is 2.36. The summed E-state index contributed by atoms with van der Waals surface area (Å²) in [5, 5.41) is 8.86. The van der Waals surface area contributed by atoms with E-state index < -0.39 is 16.0 Å². The van der Waals surface area contributed by atoms with Gasteiger partial charge in [-0.05, 0) is 36.4 Å². The van der Waals surface area contributed by atoms with Crippen LogP contribution in [0, 0.1) is 0 Å². The molecule has 0 radical (unpaired) electrons. The fourth-order valence-corrected chi connectivity index (χ4v) is 3.06. The molecule has 1 amide bonds. The number of anilines is 1. The Morgan fingerprint density at radius 1 is 1.00 bits per heavy atom. The molecule has 0 unspecified atom stereocenters. The van der Waals surface area contributed by atoms with Gasteiger partial charge in [0.1, 0.15) is 0 Å². The third kappa shape index (κ3) is 3.72. The number of nitrogens with one attached hydrogen (secondary N) is 1. The van der Waals surface area contributed by atoms with E-state index in [0.717, 1.165) is 0 Å². The van der Waals surface area contributed by atoms with Crippen molar-refractivity contribution in [2.45, 2.75) is 4.90 Å². The van der Waals surface area contributed by atoms with Gasteiger partial charge in [0.25, 0.3) is 15.9 Å². The van der Waals surface area contributed by atoms with Crippen molar-refractivity contribution in [1.29, 1.82) is 0 Å². The molecule has 0 saturated carbocycles. The number of para-hydroxylation sites is 1. The largest absolute Gasteiger partial charge is 0.478 e. The van der Waals surface area contributed by atoms with Gasteiger partial charge in [0.15, 0.2) is 0 Å². The number of aromatic carboxylic acids is 1. The minimum Gasteiger partial charge on any atom is -0.478 e. The highest BCUT2D eigenvalue weighted by Crippen LogP contribution is 2.21. The lowest BCUT2D eigenvalue weighted by Crippen LogP contribution is -2.24. The summed E-state index contributed by atoms with van der Waals surface area (Å²) in [5.41, 5.74) is 0.351. The van der Waals surface area contributed by atoms with Gasteiger partial charge < -0.3 is 10.0 Å². The highest BCUT2D eigenvalue weighted by Gasteiger charge is 2.19. The maximum atomic E-state index is 12.4. The molecule has 0 spiro atoms.